The van der Waals surface area contributed by atoms with Crippen LogP contribution in [-0.4, -0.2) is 0 Å². The fourth-order valence-electron chi connectivity index (χ4n) is 0.838. The standard InChI is InChI=1S/C9H12.C2H6.CH4.H2S/c1-8(2)9-6-4-3-5-7-9;1-2;;/h3-8H,1-2H3;1-2H3;1H4;1H2. The molecule has 0 amide bonds. The second-order valence-corrected chi connectivity index (χ2v) is 2.57. The monoisotopic (exact) mass is 200 g/mol. The lowest BCUT2D eigenvalue weighted by Gasteiger charge is -2.01. The van der Waals surface area contributed by atoms with Crippen LogP contribution in [0.3, 0.4) is 0 Å². The van der Waals surface area contributed by atoms with Gasteiger partial charge in [-0.05, 0) is 11.5 Å². The summed E-state index contributed by atoms with van der Waals surface area (Å²) in [5, 5.41) is 0. The second-order valence-electron chi connectivity index (χ2n) is 2.57. The molecule has 0 unspecified atom stereocenters. The van der Waals surface area contributed by atoms with Crippen molar-refractivity contribution in [2.45, 2.75) is 41.0 Å². The van der Waals surface area contributed by atoms with Crippen LogP contribution in [0.15, 0.2) is 30.3 Å². The first kappa shape index (κ1) is 18.4. The number of hydrogen-bond acceptors (Lipinski definition) is 0. The van der Waals surface area contributed by atoms with Gasteiger partial charge in [-0.25, -0.2) is 0 Å². The molecule has 0 radical (unpaired) electrons. The van der Waals surface area contributed by atoms with Gasteiger partial charge in [-0.1, -0.05) is 65.5 Å². The first-order chi connectivity index (χ1) is 5.30. The molecule has 0 spiro atoms. The van der Waals surface area contributed by atoms with Crippen LogP contribution in [0.5, 0.6) is 0 Å². The van der Waals surface area contributed by atoms with Crippen molar-refractivity contribution in [3.05, 3.63) is 35.9 Å². The van der Waals surface area contributed by atoms with E-state index in [1.54, 1.807) is 0 Å². The minimum absolute atomic E-state index is 0. The van der Waals surface area contributed by atoms with E-state index in [0.29, 0.717) is 5.92 Å². The van der Waals surface area contributed by atoms with E-state index in [4.69, 9.17) is 0 Å². The molecule has 0 aliphatic heterocycles. The minimum atomic E-state index is 0. The topological polar surface area (TPSA) is 0 Å². The van der Waals surface area contributed by atoms with Gasteiger partial charge in [-0.3, -0.25) is 0 Å². The summed E-state index contributed by atoms with van der Waals surface area (Å²) in [6.07, 6.45) is 0. The Morgan fingerprint density at radius 2 is 1.31 bits per heavy atom. The molecule has 0 fully saturated rings. The lowest BCUT2D eigenvalue weighted by Crippen LogP contribution is -1.83. The highest BCUT2D eigenvalue weighted by Crippen LogP contribution is 2.11. The highest BCUT2D eigenvalue weighted by atomic mass is 32.1. The summed E-state index contributed by atoms with van der Waals surface area (Å²) in [5.41, 5.74) is 1.41. The first-order valence-electron chi connectivity index (χ1n) is 4.35. The molecule has 0 nitrogen and oxygen atoms in total. The lowest BCUT2D eigenvalue weighted by molar-refractivity contribution is 0.867. The van der Waals surface area contributed by atoms with E-state index in [0.717, 1.165) is 0 Å². The Morgan fingerprint density at radius 1 is 0.923 bits per heavy atom. The van der Waals surface area contributed by atoms with Crippen LogP contribution in [0.1, 0.15) is 46.6 Å². The van der Waals surface area contributed by atoms with Gasteiger partial charge >= 0.3 is 0 Å². The van der Waals surface area contributed by atoms with Crippen molar-refractivity contribution in [2.24, 2.45) is 0 Å². The summed E-state index contributed by atoms with van der Waals surface area (Å²) in [7, 11) is 0. The van der Waals surface area contributed by atoms with Crippen LogP contribution in [0, 0.1) is 0 Å². The van der Waals surface area contributed by atoms with Gasteiger partial charge in [0.2, 0.25) is 0 Å². The average Bonchev–Trinajstić information content (AvgIpc) is 2.10. The minimum Gasteiger partial charge on any atom is -0.197 e. The quantitative estimate of drug-likeness (QED) is 0.622. The highest BCUT2D eigenvalue weighted by Gasteiger charge is 1.93. The maximum absolute atomic E-state index is 2.20. The third-order valence-corrected chi connectivity index (χ3v) is 1.47. The van der Waals surface area contributed by atoms with Gasteiger partial charge in [0.25, 0.3) is 0 Å². The Labute approximate surface area is 90.8 Å². The van der Waals surface area contributed by atoms with E-state index >= 15 is 0 Å². The van der Waals surface area contributed by atoms with Gasteiger partial charge in [0.05, 0.1) is 0 Å². The van der Waals surface area contributed by atoms with Crippen molar-refractivity contribution in [2.75, 3.05) is 0 Å². The summed E-state index contributed by atoms with van der Waals surface area (Å²) in [6.45, 7) is 8.41. The molecule has 0 aliphatic carbocycles. The summed E-state index contributed by atoms with van der Waals surface area (Å²) < 4.78 is 0. The summed E-state index contributed by atoms with van der Waals surface area (Å²) >= 11 is 0. The van der Waals surface area contributed by atoms with Crippen molar-refractivity contribution >= 4 is 13.5 Å². The number of rotatable bonds is 1. The largest absolute Gasteiger partial charge is 0.197 e. The predicted molar refractivity (Wildman–Crippen MR) is 69.0 cm³/mol. The Morgan fingerprint density at radius 3 is 1.54 bits per heavy atom. The maximum Gasteiger partial charge on any atom is -0.0219 e. The highest BCUT2D eigenvalue weighted by molar-refractivity contribution is 7.59. The molecule has 0 heterocycles. The molecule has 1 aromatic carbocycles. The molecule has 1 rings (SSSR count). The lowest BCUT2D eigenvalue weighted by atomic mass is 10.0. The molecule has 1 aromatic rings. The third-order valence-electron chi connectivity index (χ3n) is 1.47. The van der Waals surface area contributed by atoms with Crippen LogP contribution in [0.25, 0.3) is 0 Å². The van der Waals surface area contributed by atoms with Crippen molar-refractivity contribution in [1.29, 1.82) is 0 Å². The summed E-state index contributed by atoms with van der Waals surface area (Å²) in [5.74, 6) is 0.659. The van der Waals surface area contributed by atoms with Gasteiger partial charge in [-0.15, -0.1) is 0 Å². The molecular weight excluding hydrogens is 176 g/mol. The molecule has 1 heteroatoms. The Balaban J connectivity index is -0.000000234. The van der Waals surface area contributed by atoms with E-state index in [1.807, 2.05) is 19.9 Å². The Bertz CT molecular complexity index is 168. The zero-order valence-electron chi connectivity index (χ0n) is 8.46. The maximum atomic E-state index is 2.20. The van der Waals surface area contributed by atoms with E-state index in [-0.39, 0.29) is 20.9 Å². The average molecular weight is 200 g/mol. The fourth-order valence-corrected chi connectivity index (χ4v) is 0.838. The van der Waals surface area contributed by atoms with Crippen molar-refractivity contribution in [3.63, 3.8) is 0 Å². The van der Waals surface area contributed by atoms with E-state index < -0.39 is 0 Å². The predicted octanol–water partition coefficient (Wildman–Crippen LogP) is 4.59. The van der Waals surface area contributed by atoms with Gasteiger partial charge < -0.3 is 0 Å². The second kappa shape index (κ2) is 11.6. The van der Waals surface area contributed by atoms with Gasteiger partial charge in [-0.2, -0.15) is 13.5 Å². The molecule has 78 valence electrons. The van der Waals surface area contributed by atoms with Crippen LogP contribution in [0.4, 0.5) is 0 Å². The molecule has 0 bridgehead atoms. The molecule has 0 atom stereocenters. The van der Waals surface area contributed by atoms with Crippen LogP contribution in [0.2, 0.25) is 0 Å². The third kappa shape index (κ3) is 7.92. The van der Waals surface area contributed by atoms with Gasteiger partial charge in [0.15, 0.2) is 0 Å². The molecule has 0 aromatic heterocycles. The van der Waals surface area contributed by atoms with E-state index in [1.165, 1.54) is 5.56 Å². The summed E-state index contributed by atoms with van der Waals surface area (Å²) in [4.78, 5) is 0. The van der Waals surface area contributed by atoms with Gasteiger partial charge in [0, 0.05) is 0 Å². The normalized spacial score (nSPS) is 7.46. The van der Waals surface area contributed by atoms with Crippen molar-refractivity contribution < 1.29 is 0 Å². The zero-order valence-corrected chi connectivity index (χ0v) is 9.46. The smallest absolute Gasteiger partial charge is 0.0219 e. The fraction of sp³-hybridized carbons (Fsp3) is 0.500. The van der Waals surface area contributed by atoms with Crippen LogP contribution in [-0.2, 0) is 0 Å². The summed E-state index contributed by atoms with van der Waals surface area (Å²) in [6, 6.07) is 10.5. The SMILES string of the molecule is C.CC.CC(C)c1ccccc1.S. The molecule has 0 saturated heterocycles. The Kier molecular flexibility index (Phi) is 16.4. The van der Waals surface area contributed by atoms with Crippen molar-refractivity contribution in [3.8, 4) is 0 Å². The zero-order chi connectivity index (χ0) is 8.69. The Hall–Kier alpha value is -0.430. The molecule has 13 heavy (non-hydrogen) atoms. The van der Waals surface area contributed by atoms with Crippen molar-refractivity contribution in [1.82, 2.24) is 0 Å². The van der Waals surface area contributed by atoms with E-state index in [2.05, 4.69) is 38.1 Å². The molecule has 0 aliphatic rings. The van der Waals surface area contributed by atoms with Crippen LogP contribution >= 0.6 is 13.5 Å². The van der Waals surface area contributed by atoms with Crippen LogP contribution < -0.4 is 0 Å². The first-order valence-corrected chi connectivity index (χ1v) is 4.35. The number of hydrogen-bond donors (Lipinski definition) is 0. The molecular formula is C12H24S. The molecule has 0 N–H and O–H groups in total. The van der Waals surface area contributed by atoms with Gasteiger partial charge in [0.1, 0.15) is 0 Å². The number of benzene rings is 1. The molecule has 0 saturated carbocycles. The van der Waals surface area contributed by atoms with E-state index in [9.17, 15) is 0 Å².